The van der Waals surface area contributed by atoms with Crippen molar-refractivity contribution in [2.75, 3.05) is 32.1 Å². The van der Waals surface area contributed by atoms with E-state index in [1.807, 2.05) is 31.2 Å². The van der Waals surface area contributed by atoms with Crippen LogP contribution < -0.4 is 15.8 Å². The molecule has 8 nitrogen and oxygen atoms in total. The van der Waals surface area contributed by atoms with Crippen LogP contribution in [0.15, 0.2) is 36.7 Å². The molecule has 0 aliphatic carbocycles. The van der Waals surface area contributed by atoms with Crippen molar-refractivity contribution in [3.05, 3.63) is 42.2 Å². The lowest BCUT2D eigenvalue weighted by Gasteiger charge is -2.17. The lowest BCUT2D eigenvalue weighted by atomic mass is 10.2. The Bertz CT molecular complexity index is 727. The Hall–Kier alpha value is -2.87. The number of nitrogens with zero attached hydrogens (tertiary/aromatic N) is 3. The highest BCUT2D eigenvalue weighted by Gasteiger charge is 2.11. The molecule has 2 rings (SSSR count). The Morgan fingerprint density at radius 2 is 2.04 bits per heavy atom. The third kappa shape index (κ3) is 6.21. The van der Waals surface area contributed by atoms with Crippen LogP contribution in [0.1, 0.15) is 12.0 Å². The SMILES string of the molecule is Cc1ccc(OCCN(C)C(=O)Cn2cc(NC(=O)CCN)cn2)cc1. The molecule has 0 aliphatic rings. The third-order valence-corrected chi connectivity index (χ3v) is 3.73. The number of nitrogens with two attached hydrogens (primary N) is 1. The lowest BCUT2D eigenvalue weighted by Crippen LogP contribution is -2.33. The molecule has 140 valence electrons. The van der Waals surface area contributed by atoms with Crippen molar-refractivity contribution < 1.29 is 14.3 Å². The molecule has 1 aromatic heterocycles. The number of hydrogen-bond acceptors (Lipinski definition) is 5. The van der Waals surface area contributed by atoms with Crippen molar-refractivity contribution in [2.24, 2.45) is 5.73 Å². The molecule has 0 radical (unpaired) electrons. The predicted molar refractivity (Wildman–Crippen MR) is 98.8 cm³/mol. The van der Waals surface area contributed by atoms with Crippen molar-refractivity contribution in [2.45, 2.75) is 19.9 Å². The van der Waals surface area contributed by atoms with Gasteiger partial charge < -0.3 is 20.7 Å². The highest BCUT2D eigenvalue weighted by Crippen LogP contribution is 2.11. The van der Waals surface area contributed by atoms with Crippen LogP contribution in [0.4, 0.5) is 5.69 Å². The summed E-state index contributed by atoms with van der Waals surface area (Å²) in [7, 11) is 1.72. The van der Waals surface area contributed by atoms with Gasteiger partial charge in [0, 0.05) is 26.2 Å². The number of likely N-dealkylation sites (N-methyl/N-ethyl adjacent to an activating group) is 1. The number of anilines is 1. The summed E-state index contributed by atoms with van der Waals surface area (Å²) in [6, 6.07) is 7.76. The van der Waals surface area contributed by atoms with Gasteiger partial charge >= 0.3 is 0 Å². The molecule has 0 spiro atoms. The van der Waals surface area contributed by atoms with E-state index in [9.17, 15) is 9.59 Å². The van der Waals surface area contributed by atoms with E-state index in [-0.39, 0.29) is 31.3 Å². The molecule has 1 heterocycles. The van der Waals surface area contributed by atoms with E-state index in [2.05, 4.69) is 10.4 Å². The summed E-state index contributed by atoms with van der Waals surface area (Å²) < 4.78 is 7.11. The maximum atomic E-state index is 12.2. The van der Waals surface area contributed by atoms with Crippen LogP contribution in [0.3, 0.4) is 0 Å². The fourth-order valence-corrected chi connectivity index (χ4v) is 2.19. The third-order valence-electron chi connectivity index (χ3n) is 3.73. The molecule has 2 aromatic rings. The van der Waals surface area contributed by atoms with Gasteiger partial charge in [0.05, 0.1) is 18.4 Å². The van der Waals surface area contributed by atoms with Gasteiger partial charge in [0.2, 0.25) is 11.8 Å². The second kappa shape index (κ2) is 9.57. The molecule has 0 fully saturated rings. The zero-order valence-electron chi connectivity index (χ0n) is 15.1. The number of aryl methyl sites for hydroxylation is 1. The molecule has 3 N–H and O–H groups in total. The predicted octanol–water partition coefficient (Wildman–Crippen LogP) is 1.02. The molecule has 0 aliphatic heterocycles. The normalized spacial score (nSPS) is 10.4. The van der Waals surface area contributed by atoms with E-state index in [4.69, 9.17) is 10.5 Å². The van der Waals surface area contributed by atoms with Gasteiger partial charge in [0.15, 0.2) is 0 Å². The second-order valence-electron chi connectivity index (χ2n) is 5.99. The average Bonchev–Trinajstić information content (AvgIpc) is 3.03. The molecule has 26 heavy (non-hydrogen) atoms. The monoisotopic (exact) mass is 359 g/mol. The number of amides is 2. The Kier molecular flexibility index (Phi) is 7.16. The van der Waals surface area contributed by atoms with Gasteiger partial charge in [-0.2, -0.15) is 5.10 Å². The van der Waals surface area contributed by atoms with Crippen LogP contribution in [0.25, 0.3) is 0 Å². The molecule has 0 saturated carbocycles. The van der Waals surface area contributed by atoms with Gasteiger partial charge in [-0.15, -0.1) is 0 Å². The van der Waals surface area contributed by atoms with Crippen molar-refractivity contribution in [1.29, 1.82) is 0 Å². The molecule has 2 amide bonds. The Morgan fingerprint density at radius 3 is 2.73 bits per heavy atom. The van der Waals surface area contributed by atoms with Crippen LogP contribution >= 0.6 is 0 Å². The van der Waals surface area contributed by atoms with Crippen LogP contribution in [-0.4, -0.2) is 53.2 Å². The molecule has 1 aromatic carbocycles. The van der Waals surface area contributed by atoms with Gasteiger partial charge in [-0.25, -0.2) is 0 Å². The van der Waals surface area contributed by atoms with E-state index >= 15 is 0 Å². The highest BCUT2D eigenvalue weighted by atomic mass is 16.5. The molecule has 0 atom stereocenters. The number of hydrogen-bond donors (Lipinski definition) is 2. The van der Waals surface area contributed by atoms with Gasteiger partial charge in [-0.3, -0.25) is 14.3 Å². The number of aromatic nitrogens is 2. The van der Waals surface area contributed by atoms with Gasteiger partial charge in [0.25, 0.3) is 0 Å². The largest absolute Gasteiger partial charge is 0.492 e. The van der Waals surface area contributed by atoms with Crippen LogP contribution in [0.5, 0.6) is 5.75 Å². The summed E-state index contributed by atoms with van der Waals surface area (Å²) in [5, 5.41) is 6.75. The molecule has 0 bridgehead atoms. The molecule has 8 heteroatoms. The molecular formula is C18H25N5O3. The molecule has 0 saturated heterocycles. The Morgan fingerprint density at radius 1 is 1.31 bits per heavy atom. The Balaban J connectivity index is 1.75. The first-order valence-corrected chi connectivity index (χ1v) is 8.43. The van der Waals surface area contributed by atoms with Crippen LogP contribution in [0, 0.1) is 6.92 Å². The number of ether oxygens (including phenoxy) is 1. The number of rotatable bonds is 9. The minimum Gasteiger partial charge on any atom is -0.492 e. The summed E-state index contributed by atoms with van der Waals surface area (Å²) in [6.07, 6.45) is 3.36. The summed E-state index contributed by atoms with van der Waals surface area (Å²) in [5.41, 5.74) is 7.04. The van der Waals surface area contributed by atoms with Crippen molar-refractivity contribution in [3.63, 3.8) is 0 Å². The zero-order valence-corrected chi connectivity index (χ0v) is 15.1. The number of nitrogens with one attached hydrogen (secondary N) is 1. The smallest absolute Gasteiger partial charge is 0.244 e. The zero-order chi connectivity index (χ0) is 18.9. The second-order valence-corrected chi connectivity index (χ2v) is 5.99. The van der Waals surface area contributed by atoms with E-state index in [1.165, 1.54) is 16.4 Å². The first-order valence-electron chi connectivity index (χ1n) is 8.43. The minimum absolute atomic E-state index is 0.0911. The number of benzene rings is 1. The van der Waals surface area contributed by atoms with Gasteiger partial charge in [0.1, 0.15) is 18.9 Å². The standard InChI is InChI=1S/C18H25N5O3/c1-14-3-5-16(6-4-14)26-10-9-22(2)18(25)13-23-12-15(11-20-23)21-17(24)7-8-19/h3-6,11-12H,7-10,13,19H2,1-2H3,(H,21,24). The van der Waals surface area contributed by atoms with Crippen LogP contribution in [-0.2, 0) is 16.1 Å². The fraction of sp³-hybridized carbons (Fsp3) is 0.389. The lowest BCUT2D eigenvalue weighted by molar-refractivity contribution is -0.131. The molecular weight excluding hydrogens is 334 g/mol. The fourth-order valence-electron chi connectivity index (χ4n) is 2.19. The van der Waals surface area contributed by atoms with E-state index in [1.54, 1.807) is 18.1 Å². The van der Waals surface area contributed by atoms with Gasteiger partial charge in [-0.1, -0.05) is 17.7 Å². The number of carbonyl (C=O) groups excluding carboxylic acids is 2. The maximum Gasteiger partial charge on any atom is 0.244 e. The van der Waals surface area contributed by atoms with Crippen molar-refractivity contribution in [3.8, 4) is 5.75 Å². The highest BCUT2D eigenvalue weighted by molar-refractivity contribution is 5.90. The topological polar surface area (TPSA) is 102 Å². The Labute approximate surface area is 152 Å². The minimum atomic E-state index is -0.177. The quantitative estimate of drug-likeness (QED) is 0.696. The van der Waals surface area contributed by atoms with Crippen LogP contribution in [0.2, 0.25) is 0 Å². The summed E-state index contributed by atoms with van der Waals surface area (Å²) >= 11 is 0. The van der Waals surface area contributed by atoms with Crippen molar-refractivity contribution >= 4 is 17.5 Å². The first kappa shape index (κ1) is 19.5. The molecule has 0 unspecified atom stereocenters. The maximum absolute atomic E-state index is 12.2. The summed E-state index contributed by atoms with van der Waals surface area (Å²) in [6.45, 7) is 3.27. The number of carbonyl (C=O) groups is 2. The van der Waals surface area contributed by atoms with Crippen molar-refractivity contribution in [1.82, 2.24) is 14.7 Å². The summed E-state index contributed by atoms with van der Waals surface area (Å²) in [5.74, 6) is 0.505. The summed E-state index contributed by atoms with van der Waals surface area (Å²) in [4.78, 5) is 25.3. The van der Waals surface area contributed by atoms with E-state index < -0.39 is 0 Å². The van der Waals surface area contributed by atoms with E-state index in [0.29, 0.717) is 18.8 Å². The average molecular weight is 359 g/mol. The first-order chi connectivity index (χ1) is 12.5. The van der Waals surface area contributed by atoms with Gasteiger partial charge in [-0.05, 0) is 19.1 Å². The van der Waals surface area contributed by atoms with E-state index in [0.717, 1.165) is 5.75 Å².